The molecule has 6 heteroatoms. The first-order chi connectivity index (χ1) is 7.02. The first kappa shape index (κ1) is 10.1. The monoisotopic (exact) mass is 216 g/mol. The van der Waals surface area contributed by atoms with E-state index in [9.17, 15) is 13.6 Å². The highest BCUT2D eigenvalue weighted by Crippen LogP contribution is 2.47. The Kier molecular flexibility index (Phi) is 2.21. The van der Waals surface area contributed by atoms with E-state index in [-0.39, 0.29) is 24.5 Å². The van der Waals surface area contributed by atoms with Crippen molar-refractivity contribution < 1.29 is 18.3 Å². The van der Waals surface area contributed by atoms with E-state index in [4.69, 9.17) is 0 Å². The average Bonchev–Trinajstić information content (AvgIpc) is 2.61. The Labute approximate surface area is 84.6 Å². The number of ether oxygens (including phenoxy) is 1. The molecule has 0 unspecified atom stereocenters. The summed E-state index contributed by atoms with van der Waals surface area (Å²) in [4.78, 5) is 11.0. The van der Waals surface area contributed by atoms with Gasteiger partial charge in [-0.1, -0.05) is 0 Å². The quantitative estimate of drug-likeness (QED) is 0.765. The summed E-state index contributed by atoms with van der Waals surface area (Å²) in [6, 6.07) is 1.46. The van der Waals surface area contributed by atoms with Gasteiger partial charge in [-0.3, -0.25) is 5.10 Å². The highest BCUT2D eigenvalue weighted by Gasteiger charge is 2.46. The zero-order chi connectivity index (χ0) is 11.1. The molecule has 0 saturated heterocycles. The van der Waals surface area contributed by atoms with Crippen LogP contribution in [0.1, 0.15) is 34.9 Å². The van der Waals surface area contributed by atoms with E-state index in [0.29, 0.717) is 5.69 Å². The van der Waals surface area contributed by atoms with Crippen LogP contribution >= 0.6 is 0 Å². The summed E-state index contributed by atoms with van der Waals surface area (Å²) in [5.74, 6) is -3.37. The van der Waals surface area contributed by atoms with E-state index in [0.717, 1.165) is 0 Å². The van der Waals surface area contributed by atoms with Crippen molar-refractivity contribution in [2.24, 2.45) is 0 Å². The number of nitrogens with one attached hydrogen (secondary N) is 1. The molecule has 0 aliphatic heterocycles. The summed E-state index contributed by atoms with van der Waals surface area (Å²) in [6.07, 6.45) is -0.392. The number of H-pyrrole nitrogens is 1. The molecular weight excluding hydrogens is 206 g/mol. The minimum Gasteiger partial charge on any atom is -0.464 e. The van der Waals surface area contributed by atoms with Gasteiger partial charge in [0.15, 0.2) is 0 Å². The van der Waals surface area contributed by atoms with Crippen LogP contribution in [0.2, 0.25) is 0 Å². The van der Waals surface area contributed by atoms with Gasteiger partial charge in [-0.05, 0) is 6.07 Å². The van der Waals surface area contributed by atoms with Crippen molar-refractivity contribution in [1.29, 1.82) is 0 Å². The predicted molar refractivity (Wildman–Crippen MR) is 46.8 cm³/mol. The predicted octanol–water partition coefficient (Wildman–Crippen LogP) is 1.71. The summed E-state index contributed by atoms with van der Waals surface area (Å²) in [7, 11) is 1.25. The highest BCUT2D eigenvalue weighted by atomic mass is 19.3. The van der Waals surface area contributed by atoms with Crippen molar-refractivity contribution in [2.75, 3.05) is 7.11 Å². The average molecular weight is 216 g/mol. The zero-order valence-corrected chi connectivity index (χ0v) is 8.09. The third kappa shape index (κ3) is 1.84. The number of methoxy groups -OCH3 is 1. The number of rotatable bonds is 2. The molecule has 1 saturated carbocycles. The molecule has 0 spiro atoms. The van der Waals surface area contributed by atoms with Gasteiger partial charge in [-0.2, -0.15) is 5.10 Å². The van der Waals surface area contributed by atoms with Crippen molar-refractivity contribution in [3.63, 3.8) is 0 Å². The van der Waals surface area contributed by atoms with Gasteiger partial charge < -0.3 is 4.74 Å². The number of carbonyl (C=O) groups excluding carboxylic acids is 1. The first-order valence-corrected chi connectivity index (χ1v) is 4.53. The Bertz CT molecular complexity index is 381. The number of hydrogen-bond donors (Lipinski definition) is 1. The van der Waals surface area contributed by atoms with Crippen LogP contribution in [-0.4, -0.2) is 29.2 Å². The third-order valence-corrected chi connectivity index (χ3v) is 2.51. The lowest BCUT2D eigenvalue weighted by Crippen LogP contribution is -2.33. The lowest BCUT2D eigenvalue weighted by Gasteiger charge is -2.33. The number of nitrogens with zero attached hydrogens (tertiary/aromatic N) is 1. The lowest BCUT2D eigenvalue weighted by atomic mass is 9.79. The minimum absolute atomic E-state index is 0.196. The maximum Gasteiger partial charge on any atom is 0.356 e. The summed E-state index contributed by atoms with van der Waals surface area (Å²) < 4.78 is 29.6. The first-order valence-electron chi connectivity index (χ1n) is 4.53. The molecule has 1 fully saturated rings. The number of hydrogen-bond acceptors (Lipinski definition) is 3. The SMILES string of the molecule is COC(=O)c1cc(C2CC(F)(F)C2)n[nH]1. The van der Waals surface area contributed by atoms with Gasteiger partial charge >= 0.3 is 5.97 Å². The molecule has 0 aromatic carbocycles. The van der Waals surface area contributed by atoms with Crippen molar-refractivity contribution in [3.05, 3.63) is 17.5 Å². The van der Waals surface area contributed by atoms with E-state index >= 15 is 0 Å². The number of aromatic amines is 1. The Balaban J connectivity index is 2.06. The van der Waals surface area contributed by atoms with Crippen molar-refractivity contribution >= 4 is 5.97 Å². The van der Waals surface area contributed by atoms with Crippen LogP contribution in [0.3, 0.4) is 0 Å². The maximum absolute atomic E-state index is 12.6. The minimum atomic E-state index is -2.57. The molecule has 1 aromatic heterocycles. The summed E-state index contributed by atoms with van der Waals surface area (Å²) in [5.41, 5.74) is 0.698. The molecule has 82 valence electrons. The van der Waals surface area contributed by atoms with Gasteiger partial charge in [-0.15, -0.1) is 0 Å². The van der Waals surface area contributed by atoms with Crippen molar-refractivity contribution in [2.45, 2.75) is 24.7 Å². The highest BCUT2D eigenvalue weighted by molar-refractivity contribution is 5.87. The number of halogens is 2. The molecule has 0 atom stereocenters. The number of alkyl halides is 2. The summed E-state index contributed by atoms with van der Waals surface area (Å²) in [5, 5.41) is 6.28. The fourth-order valence-corrected chi connectivity index (χ4v) is 1.63. The van der Waals surface area contributed by atoms with Gasteiger partial charge in [0, 0.05) is 18.8 Å². The smallest absolute Gasteiger partial charge is 0.356 e. The van der Waals surface area contributed by atoms with Crippen molar-refractivity contribution in [3.8, 4) is 0 Å². The molecule has 1 N–H and O–H groups in total. The molecule has 15 heavy (non-hydrogen) atoms. The molecule has 1 aliphatic rings. The van der Waals surface area contributed by atoms with Gasteiger partial charge in [0.1, 0.15) is 5.69 Å². The van der Waals surface area contributed by atoms with E-state index in [1.54, 1.807) is 0 Å². The fraction of sp³-hybridized carbons (Fsp3) is 0.556. The molecule has 1 heterocycles. The van der Waals surface area contributed by atoms with Crippen LogP contribution in [0, 0.1) is 0 Å². The Morgan fingerprint density at radius 2 is 2.33 bits per heavy atom. The molecule has 0 bridgehead atoms. The zero-order valence-electron chi connectivity index (χ0n) is 8.09. The van der Waals surface area contributed by atoms with Gasteiger partial charge in [0.25, 0.3) is 0 Å². The Morgan fingerprint density at radius 1 is 1.67 bits per heavy atom. The van der Waals surface area contributed by atoms with E-state index < -0.39 is 11.9 Å². The molecule has 1 aliphatic carbocycles. The van der Waals surface area contributed by atoms with Crippen LogP contribution in [-0.2, 0) is 4.74 Å². The van der Waals surface area contributed by atoms with Crippen LogP contribution in [0.15, 0.2) is 6.07 Å². The molecule has 4 nitrogen and oxygen atoms in total. The van der Waals surface area contributed by atoms with Crippen LogP contribution in [0.5, 0.6) is 0 Å². The van der Waals surface area contributed by atoms with E-state index in [1.165, 1.54) is 13.2 Å². The number of aromatic nitrogens is 2. The maximum atomic E-state index is 12.6. The van der Waals surface area contributed by atoms with Crippen LogP contribution in [0.25, 0.3) is 0 Å². The van der Waals surface area contributed by atoms with E-state index in [1.807, 2.05) is 0 Å². The van der Waals surface area contributed by atoms with Gasteiger partial charge in [0.05, 0.1) is 12.8 Å². The van der Waals surface area contributed by atoms with Crippen molar-refractivity contribution in [1.82, 2.24) is 10.2 Å². The topological polar surface area (TPSA) is 55.0 Å². The number of esters is 1. The molecule has 0 radical (unpaired) electrons. The van der Waals surface area contributed by atoms with Gasteiger partial charge in [-0.25, -0.2) is 13.6 Å². The van der Waals surface area contributed by atoms with E-state index in [2.05, 4.69) is 14.9 Å². The normalized spacial score (nSPS) is 19.7. The molecule has 1 aromatic rings. The second-order valence-corrected chi connectivity index (χ2v) is 3.66. The lowest BCUT2D eigenvalue weighted by molar-refractivity contribution is -0.0876. The third-order valence-electron chi connectivity index (χ3n) is 2.51. The van der Waals surface area contributed by atoms with Gasteiger partial charge in [0.2, 0.25) is 5.92 Å². The fourth-order valence-electron chi connectivity index (χ4n) is 1.63. The van der Waals surface area contributed by atoms with Crippen LogP contribution < -0.4 is 0 Å². The van der Waals surface area contributed by atoms with Crippen LogP contribution in [0.4, 0.5) is 8.78 Å². The molecular formula is C9H10F2N2O2. The largest absolute Gasteiger partial charge is 0.464 e. The molecule has 2 rings (SSSR count). The summed E-state index contributed by atoms with van der Waals surface area (Å²) in [6.45, 7) is 0. The second-order valence-electron chi connectivity index (χ2n) is 3.66. The standard InChI is InChI=1S/C9H10F2N2O2/c1-15-8(14)7-2-6(12-13-7)5-3-9(10,11)4-5/h2,5H,3-4H2,1H3,(H,12,13). The molecule has 0 amide bonds. The Hall–Kier alpha value is -1.46. The Morgan fingerprint density at radius 3 is 2.87 bits per heavy atom. The number of carbonyl (C=O) groups is 1. The summed E-state index contributed by atoms with van der Waals surface area (Å²) >= 11 is 0. The second kappa shape index (κ2) is 3.29.